The van der Waals surface area contributed by atoms with Crippen molar-refractivity contribution in [3.8, 4) is 0 Å². The van der Waals surface area contributed by atoms with Gasteiger partial charge in [-0.1, -0.05) is 0 Å². The first-order valence-electron chi connectivity index (χ1n) is 2.90. The largest absolute Gasteiger partial charge is 0.388 e. The smallest absolute Gasteiger partial charge is 0.269 e. The molecular formula is C6H6O6. The summed E-state index contributed by atoms with van der Waals surface area (Å²) in [6.45, 7) is -1.11. The molecule has 0 fully saturated rings. The molecule has 12 heavy (non-hydrogen) atoms. The number of aliphatic hydroxyl groups excluding tert-OH is 2. The maximum absolute atomic E-state index is 10.5. The third kappa shape index (κ3) is 2.33. The number of carbonyl (C=O) groups excluding carboxylic acids is 4. The van der Waals surface area contributed by atoms with Crippen LogP contribution in [0.1, 0.15) is 0 Å². The van der Waals surface area contributed by atoms with Crippen LogP contribution in [0.2, 0.25) is 0 Å². The Balaban J connectivity index is 4.40. The van der Waals surface area contributed by atoms with Crippen LogP contribution >= 0.6 is 0 Å². The Morgan fingerprint density at radius 1 is 1.33 bits per heavy atom. The van der Waals surface area contributed by atoms with Crippen molar-refractivity contribution >= 4 is 23.6 Å². The van der Waals surface area contributed by atoms with Gasteiger partial charge in [0.25, 0.3) is 5.78 Å². The number of ketones is 3. The average Bonchev–Trinajstić information content (AvgIpc) is 2.12. The summed E-state index contributed by atoms with van der Waals surface area (Å²) >= 11 is 0. The fraction of sp³-hybridized carbons (Fsp3) is 0.333. The van der Waals surface area contributed by atoms with Gasteiger partial charge in [0.2, 0.25) is 11.6 Å². The van der Waals surface area contributed by atoms with E-state index in [-0.39, 0.29) is 6.29 Å². The fourth-order valence-electron chi connectivity index (χ4n) is 0.405. The molecule has 0 aliphatic rings. The number of rotatable bonds is 5. The van der Waals surface area contributed by atoms with E-state index in [1.165, 1.54) is 0 Å². The lowest BCUT2D eigenvalue weighted by Crippen LogP contribution is -2.35. The van der Waals surface area contributed by atoms with E-state index in [0.29, 0.717) is 0 Å². The second kappa shape index (κ2) is 4.47. The molecule has 0 radical (unpaired) electrons. The van der Waals surface area contributed by atoms with Gasteiger partial charge in [-0.2, -0.15) is 0 Å². The van der Waals surface area contributed by atoms with Gasteiger partial charge in [-0.25, -0.2) is 0 Å². The molecule has 0 aliphatic heterocycles. The van der Waals surface area contributed by atoms with Gasteiger partial charge in [-0.3, -0.25) is 19.2 Å². The minimum Gasteiger partial charge on any atom is -0.388 e. The molecule has 0 saturated carbocycles. The maximum atomic E-state index is 10.5. The molecule has 1 atom stereocenters. The molecule has 0 spiro atoms. The zero-order chi connectivity index (χ0) is 9.72. The molecule has 0 aliphatic carbocycles. The van der Waals surface area contributed by atoms with E-state index in [4.69, 9.17) is 10.2 Å². The topological polar surface area (TPSA) is 109 Å². The van der Waals surface area contributed by atoms with Crippen molar-refractivity contribution in [1.82, 2.24) is 0 Å². The van der Waals surface area contributed by atoms with E-state index in [2.05, 4.69) is 0 Å². The van der Waals surface area contributed by atoms with Crippen LogP contribution in [0.5, 0.6) is 0 Å². The number of hydrogen-bond donors (Lipinski definition) is 2. The van der Waals surface area contributed by atoms with Crippen LogP contribution in [0.4, 0.5) is 0 Å². The molecule has 0 unspecified atom stereocenters. The highest BCUT2D eigenvalue weighted by molar-refractivity contribution is 6.65. The molecule has 0 heterocycles. The zero-order valence-electron chi connectivity index (χ0n) is 5.89. The molecule has 0 saturated heterocycles. The van der Waals surface area contributed by atoms with Gasteiger partial charge >= 0.3 is 0 Å². The van der Waals surface area contributed by atoms with Crippen molar-refractivity contribution in [2.75, 3.05) is 6.61 Å². The first-order valence-corrected chi connectivity index (χ1v) is 2.90. The standard InChI is InChI=1S/C6H6O6/c7-1-3(9)5(11)6(12)4(10)2-8/h1,3,8-9H,2H2/t3-/m0/s1. The predicted molar refractivity (Wildman–Crippen MR) is 34.2 cm³/mol. The predicted octanol–water partition coefficient (Wildman–Crippen LogP) is -2.75. The van der Waals surface area contributed by atoms with Crippen LogP contribution in [-0.4, -0.2) is 46.6 Å². The van der Waals surface area contributed by atoms with Crippen LogP contribution in [0, 0.1) is 0 Å². The maximum Gasteiger partial charge on any atom is 0.269 e. The van der Waals surface area contributed by atoms with Crippen molar-refractivity contribution in [2.45, 2.75) is 6.10 Å². The summed E-state index contributed by atoms with van der Waals surface area (Å²) in [4.78, 5) is 41.1. The summed E-state index contributed by atoms with van der Waals surface area (Å²) in [6, 6.07) is 0. The van der Waals surface area contributed by atoms with Gasteiger partial charge in [0, 0.05) is 0 Å². The van der Waals surface area contributed by atoms with Crippen molar-refractivity contribution in [3.05, 3.63) is 0 Å². The van der Waals surface area contributed by atoms with Crippen LogP contribution in [-0.2, 0) is 19.2 Å². The highest BCUT2D eigenvalue weighted by atomic mass is 16.3. The lowest BCUT2D eigenvalue weighted by molar-refractivity contribution is -0.149. The van der Waals surface area contributed by atoms with E-state index in [1.807, 2.05) is 0 Å². The van der Waals surface area contributed by atoms with E-state index < -0.39 is 30.1 Å². The highest BCUT2D eigenvalue weighted by Gasteiger charge is 2.27. The molecule has 0 rings (SSSR count). The summed E-state index contributed by atoms with van der Waals surface area (Å²) in [6.07, 6.45) is -2.29. The summed E-state index contributed by atoms with van der Waals surface area (Å²) in [5.74, 6) is -4.44. The SMILES string of the molecule is O=C[C@H](O)C(=O)C(=O)C(=O)CO. The van der Waals surface area contributed by atoms with Gasteiger partial charge in [-0.15, -0.1) is 0 Å². The summed E-state index contributed by atoms with van der Waals surface area (Å²) < 4.78 is 0. The Morgan fingerprint density at radius 2 is 1.83 bits per heavy atom. The zero-order valence-corrected chi connectivity index (χ0v) is 5.89. The molecule has 0 amide bonds. The van der Waals surface area contributed by atoms with E-state index >= 15 is 0 Å². The molecule has 2 N–H and O–H groups in total. The van der Waals surface area contributed by atoms with E-state index in [9.17, 15) is 19.2 Å². The number of Topliss-reactive ketones (excluding diaryl/α,β-unsaturated/α-hetero) is 3. The summed E-state index contributed by atoms with van der Waals surface area (Å²) in [5.41, 5.74) is 0. The number of hydrogen-bond acceptors (Lipinski definition) is 6. The van der Waals surface area contributed by atoms with E-state index in [1.54, 1.807) is 0 Å². The van der Waals surface area contributed by atoms with Crippen LogP contribution in [0.15, 0.2) is 0 Å². The van der Waals surface area contributed by atoms with Crippen molar-refractivity contribution in [3.63, 3.8) is 0 Å². The second-order valence-corrected chi connectivity index (χ2v) is 1.86. The molecule has 66 valence electrons. The number of aldehydes is 1. The van der Waals surface area contributed by atoms with Gasteiger partial charge in [0.1, 0.15) is 6.61 Å². The lowest BCUT2D eigenvalue weighted by Gasteiger charge is -1.97. The summed E-state index contributed by atoms with van der Waals surface area (Å²) in [7, 11) is 0. The minimum absolute atomic E-state index is 0.176. The quantitative estimate of drug-likeness (QED) is 0.265. The summed E-state index contributed by atoms with van der Waals surface area (Å²) in [5, 5.41) is 16.6. The molecule has 0 aromatic carbocycles. The Bertz CT molecular complexity index is 230. The van der Waals surface area contributed by atoms with Gasteiger partial charge in [0.15, 0.2) is 12.4 Å². The Morgan fingerprint density at radius 3 is 2.17 bits per heavy atom. The van der Waals surface area contributed by atoms with Crippen molar-refractivity contribution in [2.24, 2.45) is 0 Å². The average molecular weight is 174 g/mol. The normalized spacial score (nSPS) is 11.8. The second-order valence-electron chi connectivity index (χ2n) is 1.86. The Labute approximate surface area is 66.8 Å². The molecule has 0 aromatic heterocycles. The Hall–Kier alpha value is -1.40. The van der Waals surface area contributed by atoms with Gasteiger partial charge < -0.3 is 10.2 Å². The molecular weight excluding hydrogens is 168 g/mol. The number of carbonyl (C=O) groups is 4. The van der Waals surface area contributed by atoms with Gasteiger partial charge in [-0.05, 0) is 0 Å². The van der Waals surface area contributed by atoms with Crippen LogP contribution in [0.3, 0.4) is 0 Å². The first-order chi connectivity index (χ1) is 5.54. The molecule has 6 nitrogen and oxygen atoms in total. The van der Waals surface area contributed by atoms with Crippen molar-refractivity contribution in [1.29, 1.82) is 0 Å². The minimum atomic E-state index is -2.12. The van der Waals surface area contributed by atoms with Crippen molar-refractivity contribution < 1.29 is 29.4 Å². The highest BCUT2D eigenvalue weighted by Crippen LogP contribution is 1.86. The third-order valence-electron chi connectivity index (χ3n) is 1.02. The van der Waals surface area contributed by atoms with E-state index in [0.717, 1.165) is 0 Å². The lowest BCUT2D eigenvalue weighted by atomic mass is 10.1. The van der Waals surface area contributed by atoms with Crippen LogP contribution < -0.4 is 0 Å². The molecule has 6 heteroatoms. The van der Waals surface area contributed by atoms with Gasteiger partial charge in [0.05, 0.1) is 0 Å². The van der Waals surface area contributed by atoms with Crippen LogP contribution in [0.25, 0.3) is 0 Å². The molecule has 0 bridgehead atoms. The monoisotopic (exact) mass is 174 g/mol. The molecule has 0 aromatic rings. The first kappa shape index (κ1) is 10.6. The Kier molecular flexibility index (Phi) is 3.95. The third-order valence-corrected chi connectivity index (χ3v) is 1.02. The fourth-order valence-corrected chi connectivity index (χ4v) is 0.405. The number of aliphatic hydroxyl groups is 2.